The molecule has 0 heterocycles. The zero-order valence-electron chi connectivity index (χ0n) is 22.9. The molecule has 0 saturated heterocycles. The fraction of sp³-hybridized carbons (Fsp3) is 0.333. The van der Waals surface area contributed by atoms with Crippen LogP contribution in [0.15, 0.2) is 78.9 Å². The molecule has 38 heavy (non-hydrogen) atoms. The average Bonchev–Trinajstić information content (AvgIpc) is 2.95. The molecule has 1 aliphatic rings. The van der Waals surface area contributed by atoms with Crippen molar-refractivity contribution in [3.05, 3.63) is 90.0 Å². The Morgan fingerprint density at radius 1 is 0.868 bits per heavy atom. The molecule has 0 atom stereocenters. The summed E-state index contributed by atoms with van der Waals surface area (Å²) >= 11 is 0. The third-order valence-electron chi connectivity index (χ3n) is 7.44. The monoisotopic (exact) mass is 510 g/mol. The number of carbonyl (C=O) groups is 2. The van der Waals surface area contributed by atoms with Crippen LogP contribution in [0.5, 0.6) is 0 Å². The number of anilines is 2. The molecule has 3 aromatic rings. The zero-order chi connectivity index (χ0) is 27.1. The summed E-state index contributed by atoms with van der Waals surface area (Å²) in [6, 6.07) is 24.8. The van der Waals surface area contributed by atoms with Gasteiger partial charge in [0.05, 0.1) is 13.7 Å². The number of rotatable bonds is 8. The minimum atomic E-state index is -0.406. The second-order valence-electron chi connectivity index (χ2n) is 10.5. The van der Waals surface area contributed by atoms with Gasteiger partial charge in [-0.2, -0.15) is 0 Å². The molecule has 0 spiro atoms. The Kier molecular flexibility index (Phi) is 9.01. The number of esters is 1. The summed E-state index contributed by atoms with van der Waals surface area (Å²) < 4.78 is 4.72. The van der Waals surface area contributed by atoms with E-state index in [0.717, 1.165) is 53.6 Å². The molecule has 0 aromatic heterocycles. The van der Waals surface area contributed by atoms with Crippen LogP contribution in [0.4, 0.5) is 11.4 Å². The van der Waals surface area contributed by atoms with Gasteiger partial charge in [-0.1, -0.05) is 55.5 Å². The minimum absolute atomic E-state index is 0.0370. The lowest BCUT2D eigenvalue weighted by Gasteiger charge is -2.31. The van der Waals surface area contributed by atoms with Crippen LogP contribution in [-0.4, -0.2) is 33.1 Å². The van der Waals surface area contributed by atoms with Gasteiger partial charge in [-0.05, 0) is 84.2 Å². The molecule has 0 radical (unpaired) electrons. The fourth-order valence-electron chi connectivity index (χ4n) is 4.99. The van der Waals surface area contributed by atoms with E-state index in [1.807, 2.05) is 43.3 Å². The number of amides is 1. The van der Waals surface area contributed by atoms with Gasteiger partial charge in [-0.25, -0.2) is 4.79 Å². The van der Waals surface area contributed by atoms with Crippen molar-refractivity contribution in [3.63, 3.8) is 0 Å². The van der Waals surface area contributed by atoms with E-state index in [9.17, 15) is 9.59 Å². The van der Waals surface area contributed by atoms with Crippen LogP contribution < -0.4 is 9.80 Å². The molecule has 1 aliphatic carbocycles. The van der Waals surface area contributed by atoms with E-state index in [1.165, 1.54) is 18.9 Å². The van der Waals surface area contributed by atoms with Gasteiger partial charge >= 0.3 is 5.97 Å². The van der Waals surface area contributed by atoms with Crippen molar-refractivity contribution in [2.24, 2.45) is 11.8 Å². The van der Waals surface area contributed by atoms with Gasteiger partial charge in [0, 0.05) is 37.5 Å². The van der Waals surface area contributed by atoms with Crippen LogP contribution in [0.1, 0.15) is 43.7 Å². The highest BCUT2D eigenvalue weighted by molar-refractivity contribution is 5.95. The highest BCUT2D eigenvalue weighted by atomic mass is 16.5. The van der Waals surface area contributed by atoms with E-state index >= 15 is 0 Å². The molecule has 1 amide bonds. The predicted octanol–water partition coefficient (Wildman–Crippen LogP) is 6.97. The van der Waals surface area contributed by atoms with E-state index in [2.05, 4.69) is 60.4 Å². The lowest BCUT2D eigenvalue weighted by atomic mass is 9.82. The smallest absolute Gasteiger partial charge is 0.330 e. The van der Waals surface area contributed by atoms with E-state index in [-0.39, 0.29) is 11.8 Å². The maximum atomic E-state index is 13.8. The van der Waals surface area contributed by atoms with E-state index in [1.54, 1.807) is 6.08 Å². The first-order valence-corrected chi connectivity index (χ1v) is 13.4. The second-order valence-corrected chi connectivity index (χ2v) is 10.5. The highest BCUT2D eigenvalue weighted by Crippen LogP contribution is 2.32. The Morgan fingerprint density at radius 3 is 2.11 bits per heavy atom. The van der Waals surface area contributed by atoms with Crippen molar-refractivity contribution in [1.82, 2.24) is 0 Å². The molecule has 3 aromatic carbocycles. The molecule has 198 valence electrons. The Bertz CT molecular complexity index is 1250. The number of ether oxygens (including phenoxy) is 1. The number of hydrogen-bond donors (Lipinski definition) is 0. The highest BCUT2D eigenvalue weighted by Gasteiger charge is 2.29. The molecule has 5 heteroatoms. The van der Waals surface area contributed by atoms with E-state index < -0.39 is 5.97 Å². The predicted molar refractivity (Wildman–Crippen MR) is 156 cm³/mol. The van der Waals surface area contributed by atoms with Gasteiger partial charge in [-0.3, -0.25) is 4.79 Å². The van der Waals surface area contributed by atoms with E-state index in [0.29, 0.717) is 12.5 Å². The first-order chi connectivity index (χ1) is 18.3. The Labute approximate surface area is 226 Å². The van der Waals surface area contributed by atoms with Gasteiger partial charge in [-0.15, -0.1) is 0 Å². The van der Waals surface area contributed by atoms with Gasteiger partial charge in [0.15, 0.2) is 0 Å². The molecule has 4 rings (SSSR count). The molecular formula is C33H38N2O3. The van der Waals surface area contributed by atoms with Crippen molar-refractivity contribution in [3.8, 4) is 11.1 Å². The molecule has 0 unspecified atom stereocenters. The van der Waals surface area contributed by atoms with Gasteiger partial charge < -0.3 is 14.5 Å². The standard InChI is InChI=1S/C33H38N2O3/c1-24-8-13-29(14-9-24)33(37)35(31-7-5-6-25(22-31)12-21-32(36)38-4)23-26-10-15-27(16-11-26)28-17-19-30(20-18-28)34(2)3/h5-7,10-12,15-22,24,29H,8-9,13-14,23H2,1-4H3/b21-12+. The molecule has 0 N–H and O–H groups in total. The van der Waals surface area contributed by atoms with E-state index in [4.69, 9.17) is 4.74 Å². The summed E-state index contributed by atoms with van der Waals surface area (Å²) in [5.74, 6) is 0.485. The molecule has 5 nitrogen and oxygen atoms in total. The summed E-state index contributed by atoms with van der Waals surface area (Å²) in [7, 11) is 5.43. The van der Waals surface area contributed by atoms with Crippen LogP contribution in [-0.2, 0) is 20.9 Å². The number of benzene rings is 3. The van der Waals surface area contributed by atoms with Gasteiger partial charge in [0.1, 0.15) is 0 Å². The van der Waals surface area contributed by atoms with Crippen molar-refractivity contribution in [2.45, 2.75) is 39.2 Å². The third kappa shape index (κ3) is 6.91. The van der Waals surface area contributed by atoms with Crippen molar-refractivity contribution in [1.29, 1.82) is 0 Å². The largest absolute Gasteiger partial charge is 0.466 e. The van der Waals surface area contributed by atoms with Crippen LogP contribution in [0.3, 0.4) is 0 Å². The first kappa shape index (κ1) is 27.2. The zero-order valence-corrected chi connectivity index (χ0v) is 22.9. The van der Waals surface area contributed by atoms with Gasteiger partial charge in [0.25, 0.3) is 0 Å². The summed E-state index contributed by atoms with van der Waals surface area (Å²) in [6.07, 6.45) is 7.16. The third-order valence-corrected chi connectivity index (χ3v) is 7.44. The topological polar surface area (TPSA) is 49.9 Å². The summed E-state index contributed by atoms with van der Waals surface area (Å²) in [4.78, 5) is 29.4. The quantitative estimate of drug-likeness (QED) is 0.243. The fourth-order valence-corrected chi connectivity index (χ4v) is 4.99. The Morgan fingerprint density at radius 2 is 1.50 bits per heavy atom. The number of nitrogens with zero attached hydrogens (tertiary/aromatic N) is 2. The normalized spacial score (nSPS) is 17.3. The van der Waals surface area contributed by atoms with Crippen LogP contribution >= 0.6 is 0 Å². The van der Waals surface area contributed by atoms with Crippen molar-refractivity contribution < 1.29 is 14.3 Å². The van der Waals surface area contributed by atoms with Crippen molar-refractivity contribution >= 4 is 29.3 Å². The van der Waals surface area contributed by atoms with Gasteiger partial charge in [0.2, 0.25) is 5.91 Å². The molecular weight excluding hydrogens is 472 g/mol. The summed E-state index contributed by atoms with van der Waals surface area (Å²) in [6.45, 7) is 2.76. The average molecular weight is 511 g/mol. The molecule has 1 saturated carbocycles. The van der Waals surface area contributed by atoms with Crippen molar-refractivity contribution in [2.75, 3.05) is 31.0 Å². The minimum Gasteiger partial charge on any atom is -0.466 e. The van der Waals surface area contributed by atoms with Crippen LogP contribution in [0.25, 0.3) is 17.2 Å². The maximum Gasteiger partial charge on any atom is 0.330 e. The molecule has 1 fully saturated rings. The lowest BCUT2D eigenvalue weighted by Crippen LogP contribution is -2.37. The summed E-state index contributed by atoms with van der Waals surface area (Å²) in [5.41, 5.74) is 6.24. The Balaban J connectivity index is 1.58. The SMILES string of the molecule is COC(=O)/C=C/c1cccc(N(Cc2ccc(-c3ccc(N(C)C)cc3)cc2)C(=O)C2CCC(C)CC2)c1. The summed E-state index contributed by atoms with van der Waals surface area (Å²) in [5, 5.41) is 0. The lowest BCUT2D eigenvalue weighted by molar-refractivity contribution is -0.134. The second kappa shape index (κ2) is 12.6. The number of carbonyl (C=O) groups excluding carboxylic acids is 2. The molecule has 0 bridgehead atoms. The van der Waals surface area contributed by atoms with Crippen LogP contribution in [0.2, 0.25) is 0 Å². The first-order valence-electron chi connectivity index (χ1n) is 13.4. The molecule has 0 aliphatic heterocycles. The Hall–Kier alpha value is -3.86. The number of hydrogen-bond acceptors (Lipinski definition) is 4. The number of methoxy groups -OCH3 is 1. The maximum absolute atomic E-state index is 13.8. The van der Waals surface area contributed by atoms with Crippen LogP contribution in [0, 0.1) is 11.8 Å².